The monoisotopic (exact) mass is 503 g/mol. The summed E-state index contributed by atoms with van der Waals surface area (Å²) in [6.07, 6.45) is 0. The molecule has 4 rings (SSSR count). The van der Waals surface area contributed by atoms with E-state index in [-0.39, 0.29) is 16.9 Å². The highest BCUT2D eigenvalue weighted by Crippen LogP contribution is 2.27. The van der Waals surface area contributed by atoms with Crippen LogP contribution >= 0.6 is 11.6 Å². The van der Waals surface area contributed by atoms with Crippen molar-refractivity contribution >= 4 is 28.4 Å². The van der Waals surface area contributed by atoms with Gasteiger partial charge in [0, 0.05) is 17.6 Å². The van der Waals surface area contributed by atoms with Crippen LogP contribution in [0, 0.1) is 0 Å². The molecule has 1 aromatic heterocycles. The average molecular weight is 504 g/mol. The van der Waals surface area contributed by atoms with Crippen LogP contribution in [-0.2, 0) is 5.41 Å². The molecule has 4 aromatic rings. The van der Waals surface area contributed by atoms with Crippen molar-refractivity contribution in [3.05, 3.63) is 99.1 Å². The maximum Gasteiger partial charge on any atom is 0.266 e. The lowest BCUT2D eigenvalue weighted by atomic mass is 9.86. The summed E-state index contributed by atoms with van der Waals surface area (Å²) in [6, 6.07) is 19.3. The Balaban J connectivity index is 1.81. The zero-order valence-corrected chi connectivity index (χ0v) is 22.1. The predicted molar refractivity (Wildman–Crippen MR) is 145 cm³/mol. The van der Waals surface area contributed by atoms with Crippen molar-refractivity contribution in [1.29, 1.82) is 0 Å². The fraction of sp³-hybridized carbons (Fsp3) is 0.276. The zero-order valence-electron chi connectivity index (χ0n) is 21.4. The molecule has 1 heterocycles. The van der Waals surface area contributed by atoms with E-state index in [1.807, 2.05) is 31.2 Å². The minimum absolute atomic E-state index is 0.00683. The number of aromatic nitrogens is 2. The molecule has 6 nitrogen and oxygen atoms in total. The molecule has 0 bridgehead atoms. The summed E-state index contributed by atoms with van der Waals surface area (Å²) in [5, 5.41) is 0.857. The second-order valence-electron chi connectivity index (χ2n) is 9.89. The summed E-state index contributed by atoms with van der Waals surface area (Å²) in [6.45, 7) is 8.27. The summed E-state index contributed by atoms with van der Waals surface area (Å²) in [4.78, 5) is 33.5. The SMILES string of the molecule is COc1ccc(-n2c(C(C)N(C)C(=O)c3ccc(C(C)(C)C)cc3)nc3ccc(Cl)cc3c2=O)cc1. The maximum absolute atomic E-state index is 13.7. The fourth-order valence-electron chi connectivity index (χ4n) is 4.10. The molecule has 1 unspecified atom stereocenters. The van der Waals surface area contributed by atoms with Crippen LogP contribution in [0.15, 0.2) is 71.5 Å². The summed E-state index contributed by atoms with van der Waals surface area (Å²) >= 11 is 6.18. The van der Waals surface area contributed by atoms with Crippen molar-refractivity contribution < 1.29 is 9.53 Å². The first kappa shape index (κ1) is 25.5. The Kier molecular flexibility index (Phi) is 6.92. The number of carbonyl (C=O) groups is 1. The van der Waals surface area contributed by atoms with Gasteiger partial charge in [0.05, 0.1) is 29.7 Å². The van der Waals surface area contributed by atoms with Crippen LogP contribution in [0.3, 0.4) is 0 Å². The Labute approximate surface area is 216 Å². The number of benzene rings is 3. The number of ether oxygens (including phenoxy) is 1. The van der Waals surface area contributed by atoms with Gasteiger partial charge in [0.15, 0.2) is 0 Å². The standard InChI is InChI=1S/C29H30ClN3O3/c1-18(32(5)27(34)19-7-9-20(10-8-19)29(2,3)4)26-31-25-16-11-21(30)17-24(25)28(35)33(26)22-12-14-23(36-6)15-13-22/h7-18H,1-6H3. The Morgan fingerprint density at radius 1 is 1.03 bits per heavy atom. The number of hydrogen-bond donors (Lipinski definition) is 0. The van der Waals surface area contributed by atoms with Gasteiger partial charge in [0.25, 0.3) is 11.5 Å². The quantitative estimate of drug-likeness (QED) is 0.326. The van der Waals surface area contributed by atoms with Gasteiger partial charge in [-0.05, 0) is 72.5 Å². The second kappa shape index (κ2) is 9.78. The Morgan fingerprint density at radius 3 is 2.25 bits per heavy atom. The number of rotatable bonds is 5. The van der Waals surface area contributed by atoms with Gasteiger partial charge >= 0.3 is 0 Å². The highest BCUT2D eigenvalue weighted by Gasteiger charge is 2.25. The van der Waals surface area contributed by atoms with Crippen molar-refractivity contribution in [2.45, 2.75) is 39.2 Å². The van der Waals surface area contributed by atoms with Gasteiger partial charge in [-0.3, -0.25) is 14.2 Å². The maximum atomic E-state index is 13.7. The van der Waals surface area contributed by atoms with E-state index in [0.29, 0.717) is 38.8 Å². The first-order valence-corrected chi connectivity index (χ1v) is 12.1. The third-order valence-corrected chi connectivity index (χ3v) is 6.69. The Hall–Kier alpha value is -3.64. The molecule has 0 aliphatic carbocycles. The molecule has 36 heavy (non-hydrogen) atoms. The number of hydrogen-bond acceptors (Lipinski definition) is 4. The topological polar surface area (TPSA) is 64.4 Å². The molecule has 0 saturated heterocycles. The van der Waals surface area contributed by atoms with Crippen molar-refractivity contribution in [1.82, 2.24) is 14.5 Å². The van der Waals surface area contributed by atoms with Crippen molar-refractivity contribution in [2.75, 3.05) is 14.2 Å². The normalized spacial score (nSPS) is 12.4. The summed E-state index contributed by atoms with van der Waals surface area (Å²) in [7, 11) is 3.31. The lowest BCUT2D eigenvalue weighted by Crippen LogP contribution is -2.35. The largest absolute Gasteiger partial charge is 0.497 e. The summed E-state index contributed by atoms with van der Waals surface area (Å²) in [5.41, 5.74) is 2.59. The number of halogens is 1. The Morgan fingerprint density at radius 2 is 1.67 bits per heavy atom. The molecule has 3 aromatic carbocycles. The van der Waals surface area contributed by atoms with Crippen LogP contribution < -0.4 is 10.3 Å². The molecule has 186 valence electrons. The van der Waals surface area contributed by atoms with Gasteiger partial charge < -0.3 is 9.64 Å². The summed E-state index contributed by atoms with van der Waals surface area (Å²) in [5.74, 6) is 0.959. The van der Waals surface area contributed by atoms with Gasteiger partial charge in [-0.25, -0.2) is 4.98 Å². The molecule has 0 aliphatic heterocycles. The molecule has 1 atom stereocenters. The van der Waals surface area contributed by atoms with Crippen LogP contribution in [-0.4, -0.2) is 34.5 Å². The van der Waals surface area contributed by atoms with Crippen LogP contribution in [0.2, 0.25) is 5.02 Å². The first-order chi connectivity index (χ1) is 17.0. The zero-order chi connectivity index (χ0) is 26.2. The van der Waals surface area contributed by atoms with E-state index in [0.717, 1.165) is 5.56 Å². The van der Waals surface area contributed by atoms with Gasteiger partial charge in [0.2, 0.25) is 0 Å². The summed E-state index contributed by atoms with van der Waals surface area (Å²) < 4.78 is 6.81. The van der Waals surface area contributed by atoms with Gasteiger partial charge in [-0.1, -0.05) is 44.5 Å². The number of nitrogens with zero attached hydrogens (tertiary/aromatic N) is 3. The van der Waals surface area contributed by atoms with Crippen molar-refractivity contribution in [3.63, 3.8) is 0 Å². The first-order valence-electron chi connectivity index (χ1n) is 11.8. The number of amides is 1. The molecule has 1 amide bonds. The van der Waals surface area contributed by atoms with Crippen molar-refractivity contribution in [3.8, 4) is 11.4 Å². The molecule has 0 aliphatic rings. The average Bonchev–Trinajstić information content (AvgIpc) is 2.87. The van der Waals surface area contributed by atoms with E-state index in [1.54, 1.807) is 61.5 Å². The van der Waals surface area contributed by atoms with E-state index >= 15 is 0 Å². The smallest absolute Gasteiger partial charge is 0.266 e. The minimum atomic E-state index is -0.505. The third kappa shape index (κ3) is 4.86. The number of carbonyl (C=O) groups excluding carboxylic acids is 1. The van der Waals surface area contributed by atoms with Crippen molar-refractivity contribution in [2.24, 2.45) is 0 Å². The van der Waals surface area contributed by atoms with E-state index in [4.69, 9.17) is 21.3 Å². The molecule has 0 spiro atoms. The minimum Gasteiger partial charge on any atom is -0.497 e. The van der Waals surface area contributed by atoms with Crippen LogP contribution in [0.1, 0.15) is 55.5 Å². The second-order valence-corrected chi connectivity index (χ2v) is 10.3. The van der Waals surface area contributed by atoms with Crippen LogP contribution in [0.5, 0.6) is 5.75 Å². The lowest BCUT2D eigenvalue weighted by molar-refractivity contribution is 0.0735. The van der Waals surface area contributed by atoms with E-state index < -0.39 is 6.04 Å². The van der Waals surface area contributed by atoms with E-state index in [9.17, 15) is 9.59 Å². The number of methoxy groups -OCH3 is 1. The molecule has 0 fully saturated rings. The predicted octanol–water partition coefficient (Wildman–Crippen LogP) is 6.18. The highest BCUT2D eigenvalue weighted by atomic mass is 35.5. The number of fused-ring (bicyclic) bond motifs is 1. The van der Waals surface area contributed by atoms with Gasteiger partial charge in [-0.15, -0.1) is 0 Å². The van der Waals surface area contributed by atoms with Crippen LogP contribution in [0.4, 0.5) is 0 Å². The molecule has 0 N–H and O–H groups in total. The van der Waals surface area contributed by atoms with Gasteiger partial charge in [-0.2, -0.15) is 0 Å². The highest BCUT2D eigenvalue weighted by molar-refractivity contribution is 6.31. The fourth-order valence-corrected chi connectivity index (χ4v) is 4.27. The molecular formula is C29H30ClN3O3. The lowest BCUT2D eigenvalue weighted by Gasteiger charge is -2.27. The Bertz CT molecular complexity index is 1470. The molecule has 7 heteroatoms. The van der Waals surface area contributed by atoms with E-state index in [1.165, 1.54) is 4.57 Å². The van der Waals surface area contributed by atoms with Gasteiger partial charge in [0.1, 0.15) is 11.6 Å². The molecule has 0 radical (unpaired) electrons. The molecular weight excluding hydrogens is 474 g/mol. The van der Waals surface area contributed by atoms with E-state index in [2.05, 4.69) is 20.8 Å². The van der Waals surface area contributed by atoms with Crippen LogP contribution in [0.25, 0.3) is 16.6 Å². The molecule has 0 saturated carbocycles. The third-order valence-electron chi connectivity index (χ3n) is 6.46.